The molecule has 0 saturated heterocycles. The van der Waals surface area contributed by atoms with Crippen molar-refractivity contribution in [2.24, 2.45) is 10.9 Å². The fourth-order valence-corrected chi connectivity index (χ4v) is 0.519. The van der Waals surface area contributed by atoms with Crippen LogP contribution in [-0.2, 0) is 4.84 Å². The first kappa shape index (κ1) is 6.31. The molecule has 0 aromatic carbocycles. The van der Waals surface area contributed by atoms with Gasteiger partial charge in [0, 0.05) is 6.92 Å². The Balaban J connectivity index is 2.73. The lowest BCUT2D eigenvalue weighted by atomic mass is 10.2. The van der Waals surface area contributed by atoms with E-state index < -0.39 is 11.9 Å². The molecule has 0 radical (unpaired) electrons. The topological polar surface area (TPSA) is 88.1 Å². The Hall–Kier alpha value is -0.810. The van der Waals surface area contributed by atoms with E-state index >= 15 is 0 Å². The summed E-state index contributed by atoms with van der Waals surface area (Å²) >= 11 is 0. The Labute approximate surface area is 51.7 Å². The van der Waals surface area contributed by atoms with Crippen molar-refractivity contribution in [1.82, 2.24) is 0 Å². The molecular weight excluding hydrogens is 124 g/mol. The molecule has 1 heterocycles. The molecule has 0 fully saturated rings. The number of hydrogen-bond donors (Lipinski definition) is 3. The van der Waals surface area contributed by atoms with Crippen molar-refractivity contribution >= 4 is 5.84 Å². The number of hydrogen-bond acceptors (Lipinski definition) is 5. The van der Waals surface area contributed by atoms with Gasteiger partial charge in [0.15, 0.2) is 11.9 Å². The van der Waals surface area contributed by atoms with Crippen molar-refractivity contribution in [2.75, 3.05) is 0 Å². The number of nitrogens with two attached hydrogens (primary N) is 1. The van der Waals surface area contributed by atoms with E-state index in [-0.39, 0.29) is 5.84 Å². The van der Waals surface area contributed by atoms with Crippen molar-refractivity contribution in [3.63, 3.8) is 0 Å². The largest absolute Gasteiger partial charge is 0.382 e. The van der Waals surface area contributed by atoms with Gasteiger partial charge in [0.1, 0.15) is 0 Å². The molecule has 9 heavy (non-hydrogen) atoms. The van der Waals surface area contributed by atoms with Gasteiger partial charge in [-0.25, -0.2) is 0 Å². The minimum absolute atomic E-state index is 0.0972. The number of rotatable bonds is 0. The first-order valence-corrected chi connectivity index (χ1v) is 2.46. The highest BCUT2D eigenvalue weighted by Crippen LogP contribution is 2.17. The quantitative estimate of drug-likeness (QED) is 0.369. The van der Waals surface area contributed by atoms with Gasteiger partial charge >= 0.3 is 0 Å². The third kappa shape index (κ3) is 0.839. The molecule has 0 saturated carbocycles. The molecule has 0 aliphatic carbocycles. The first-order valence-electron chi connectivity index (χ1n) is 2.46. The zero-order valence-corrected chi connectivity index (χ0v) is 4.90. The molecule has 2 unspecified atom stereocenters. The molecule has 4 N–H and O–H groups in total. The average molecular weight is 132 g/mol. The maximum atomic E-state index is 8.97. The zero-order valence-electron chi connectivity index (χ0n) is 4.90. The van der Waals surface area contributed by atoms with E-state index in [0.717, 1.165) is 0 Å². The third-order valence-corrected chi connectivity index (χ3v) is 1.12. The lowest BCUT2D eigenvalue weighted by Crippen LogP contribution is -2.43. The van der Waals surface area contributed by atoms with Gasteiger partial charge in [-0.1, -0.05) is 5.16 Å². The van der Waals surface area contributed by atoms with Gasteiger partial charge in [-0.05, 0) is 0 Å². The summed E-state index contributed by atoms with van der Waals surface area (Å²) in [7, 11) is 0. The predicted molar refractivity (Wildman–Crippen MR) is 29.3 cm³/mol. The molecular formula is C4H8N2O3. The molecule has 1 aliphatic rings. The van der Waals surface area contributed by atoms with Crippen LogP contribution in [0.15, 0.2) is 5.16 Å². The van der Waals surface area contributed by atoms with Gasteiger partial charge in [0.05, 0.1) is 0 Å². The second-order valence-corrected chi connectivity index (χ2v) is 2.06. The summed E-state index contributed by atoms with van der Waals surface area (Å²) in [6.07, 6.45) is -1.21. The van der Waals surface area contributed by atoms with Crippen LogP contribution in [-0.4, -0.2) is 27.9 Å². The second kappa shape index (κ2) is 1.58. The normalized spacial score (nSPS) is 42.1. The minimum atomic E-state index is -1.65. The summed E-state index contributed by atoms with van der Waals surface area (Å²) < 4.78 is 0. The van der Waals surface area contributed by atoms with E-state index in [2.05, 4.69) is 9.99 Å². The molecule has 0 aromatic rings. The molecule has 1 aliphatic heterocycles. The summed E-state index contributed by atoms with van der Waals surface area (Å²) in [4.78, 5) is 4.33. The van der Waals surface area contributed by atoms with E-state index in [9.17, 15) is 0 Å². The van der Waals surface area contributed by atoms with E-state index in [0.29, 0.717) is 0 Å². The molecule has 1 rings (SSSR count). The highest BCUT2D eigenvalue weighted by atomic mass is 16.7. The number of aliphatic hydroxyl groups excluding tert-OH is 1. The third-order valence-electron chi connectivity index (χ3n) is 1.12. The maximum Gasteiger partial charge on any atom is 0.265 e. The SMILES string of the molecule is CC1(O)ON=C(N)C1O. The van der Waals surface area contributed by atoms with Crippen LogP contribution in [0.3, 0.4) is 0 Å². The molecule has 5 nitrogen and oxygen atoms in total. The summed E-state index contributed by atoms with van der Waals surface area (Å²) in [5.74, 6) is -1.75. The minimum Gasteiger partial charge on any atom is -0.382 e. The highest BCUT2D eigenvalue weighted by Gasteiger charge is 2.41. The van der Waals surface area contributed by atoms with E-state index in [1.165, 1.54) is 6.92 Å². The van der Waals surface area contributed by atoms with Gasteiger partial charge in [0.2, 0.25) is 0 Å². The van der Waals surface area contributed by atoms with E-state index in [1.54, 1.807) is 0 Å². The van der Waals surface area contributed by atoms with E-state index in [1.807, 2.05) is 0 Å². The molecule has 0 bridgehead atoms. The number of amidine groups is 1. The monoisotopic (exact) mass is 132 g/mol. The Bertz CT molecular complexity index is 154. The van der Waals surface area contributed by atoms with Gasteiger partial charge in [-0.2, -0.15) is 0 Å². The number of aliphatic hydroxyl groups is 2. The van der Waals surface area contributed by atoms with Crippen LogP contribution in [0.2, 0.25) is 0 Å². The summed E-state index contributed by atoms with van der Waals surface area (Å²) in [6.45, 7) is 1.28. The van der Waals surface area contributed by atoms with Crippen molar-refractivity contribution in [1.29, 1.82) is 0 Å². The maximum absolute atomic E-state index is 8.97. The predicted octanol–water partition coefficient (Wildman–Crippen LogP) is -1.64. The van der Waals surface area contributed by atoms with Crippen LogP contribution in [0.25, 0.3) is 0 Å². The van der Waals surface area contributed by atoms with Gasteiger partial charge in [-0.3, -0.25) is 0 Å². The van der Waals surface area contributed by atoms with Crippen molar-refractivity contribution in [3.8, 4) is 0 Å². The van der Waals surface area contributed by atoms with Crippen molar-refractivity contribution in [2.45, 2.75) is 18.8 Å². The molecule has 0 amide bonds. The summed E-state index contributed by atoms with van der Waals surface area (Å²) in [5.41, 5.74) is 5.07. The Kier molecular flexibility index (Phi) is 1.11. The molecule has 2 atom stereocenters. The standard InChI is InChI=1S/C4H8N2O3/c1-4(8)2(7)3(5)6-9-4/h2,7-8H,1H3,(H2,5,6). The number of oxime groups is 1. The lowest BCUT2D eigenvalue weighted by molar-refractivity contribution is -0.210. The van der Waals surface area contributed by atoms with Crippen LogP contribution >= 0.6 is 0 Å². The fourth-order valence-electron chi connectivity index (χ4n) is 0.519. The molecule has 0 spiro atoms. The van der Waals surface area contributed by atoms with Crippen LogP contribution < -0.4 is 5.73 Å². The van der Waals surface area contributed by atoms with Gasteiger partial charge in [0.25, 0.3) is 5.79 Å². The van der Waals surface area contributed by atoms with Gasteiger partial charge < -0.3 is 20.8 Å². The molecule has 52 valence electrons. The Morgan fingerprint density at radius 3 is 2.56 bits per heavy atom. The van der Waals surface area contributed by atoms with Crippen molar-refractivity contribution < 1.29 is 15.1 Å². The van der Waals surface area contributed by atoms with Crippen LogP contribution in [0, 0.1) is 0 Å². The molecule has 0 aromatic heterocycles. The molecule has 5 heteroatoms. The van der Waals surface area contributed by atoms with Crippen LogP contribution in [0.5, 0.6) is 0 Å². The Morgan fingerprint density at radius 2 is 2.44 bits per heavy atom. The van der Waals surface area contributed by atoms with E-state index in [4.69, 9.17) is 15.9 Å². The average Bonchev–Trinajstić information content (AvgIpc) is 1.97. The summed E-state index contributed by atoms with van der Waals surface area (Å²) in [5, 5.41) is 21.0. The number of nitrogens with zero attached hydrogens (tertiary/aromatic N) is 1. The van der Waals surface area contributed by atoms with Crippen LogP contribution in [0.1, 0.15) is 6.92 Å². The first-order chi connectivity index (χ1) is 4.04. The van der Waals surface area contributed by atoms with Gasteiger partial charge in [-0.15, -0.1) is 0 Å². The zero-order chi connectivity index (χ0) is 7.07. The second-order valence-electron chi connectivity index (χ2n) is 2.06. The van der Waals surface area contributed by atoms with Crippen molar-refractivity contribution in [3.05, 3.63) is 0 Å². The Morgan fingerprint density at radius 1 is 1.89 bits per heavy atom. The lowest BCUT2D eigenvalue weighted by Gasteiger charge is -2.16. The van der Waals surface area contributed by atoms with Crippen LogP contribution in [0.4, 0.5) is 0 Å². The fraction of sp³-hybridized carbons (Fsp3) is 0.750. The highest BCUT2D eigenvalue weighted by molar-refractivity contribution is 5.86. The summed E-state index contributed by atoms with van der Waals surface area (Å²) in [6, 6.07) is 0. The smallest absolute Gasteiger partial charge is 0.265 e.